The lowest BCUT2D eigenvalue weighted by molar-refractivity contribution is 0.0998. The number of ether oxygens (including phenoxy) is 2. The van der Waals surface area contributed by atoms with Crippen LogP contribution in [-0.4, -0.2) is 23.7 Å². The van der Waals surface area contributed by atoms with E-state index >= 15 is 0 Å². The molecule has 2 aromatic carbocycles. The van der Waals surface area contributed by atoms with Crippen LogP contribution in [0.3, 0.4) is 0 Å². The molecule has 0 aliphatic carbocycles. The smallest absolute Gasteiger partial charge is 0.279 e. The Morgan fingerprint density at radius 2 is 2.00 bits per heavy atom. The number of hydrogen-bond acceptors (Lipinski definition) is 4. The molecule has 0 atom stereocenters. The zero-order valence-corrected chi connectivity index (χ0v) is 16.5. The first-order valence-corrected chi connectivity index (χ1v) is 9.48. The average Bonchev–Trinajstić information content (AvgIpc) is 2.99. The van der Waals surface area contributed by atoms with E-state index in [1.54, 1.807) is 37.5 Å². The molecule has 3 aromatic rings. The second-order valence-electron chi connectivity index (χ2n) is 6.20. The quantitative estimate of drug-likeness (QED) is 0.593. The highest BCUT2D eigenvalue weighted by molar-refractivity contribution is 7.16. The van der Waals surface area contributed by atoms with Crippen LogP contribution in [0.1, 0.15) is 24.2 Å². The number of methoxy groups -OCH3 is 1. The topological polar surface area (TPSA) is 52.8 Å². The van der Waals surface area contributed by atoms with Gasteiger partial charge in [-0.3, -0.25) is 4.79 Å². The first-order chi connectivity index (χ1) is 13.0. The van der Waals surface area contributed by atoms with E-state index in [4.69, 9.17) is 9.47 Å². The van der Waals surface area contributed by atoms with Gasteiger partial charge in [0.2, 0.25) is 0 Å². The summed E-state index contributed by atoms with van der Waals surface area (Å²) in [5.41, 5.74) is 1.43. The first kappa shape index (κ1) is 18.9. The van der Waals surface area contributed by atoms with Crippen LogP contribution in [-0.2, 0) is 6.54 Å². The number of carbonyl (C=O) groups excluding carboxylic acids is 1. The summed E-state index contributed by atoms with van der Waals surface area (Å²) in [6, 6.07) is 12.8. The van der Waals surface area contributed by atoms with E-state index in [2.05, 4.69) is 11.6 Å². The third kappa shape index (κ3) is 4.11. The van der Waals surface area contributed by atoms with Crippen LogP contribution in [0.5, 0.6) is 11.5 Å². The lowest BCUT2D eigenvalue weighted by atomic mass is 10.2. The number of rotatable bonds is 6. The Morgan fingerprint density at radius 1 is 1.26 bits per heavy atom. The molecule has 0 spiro atoms. The van der Waals surface area contributed by atoms with Crippen molar-refractivity contribution < 1.29 is 14.3 Å². The summed E-state index contributed by atoms with van der Waals surface area (Å²) in [7, 11) is 1.63. The molecule has 27 heavy (non-hydrogen) atoms. The van der Waals surface area contributed by atoms with Crippen molar-refractivity contribution in [2.24, 2.45) is 4.99 Å². The van der Waals surface area contributed by atoms with Crippen molar-refractivity contribution in [3.63, 3.8) is 0 Å². The zero-order chi connectivity index (χ0) is 19.4. The fourth-order valence-corrected chi connectivity index (χ4v) is 3.80. The molecule has 0 aliphatic heterocycles. The van der Waals surface area contributed by atoms with Gasteiger partial charge in [0.05, 0.1) is 17.9 Å². The van der Waals surface area contributed by atoms with E-state index in [1.165, 1.54) is 11.3 Å². The van der Waals surface area contributed by atoms with Gasteiger partial charge in [-0.1, -0.05) is 23.5 Å². The summed E-state index contributed by atoms with van der Waals surface area (Å²) in [4.78, 5) is 17.6. The number of aromatic nitrogens is 1. The summed E-state index contributed by atoms with van der Waals surface area (Å²) in [6.45, 7) is 8.27. The van der Waals surface area contributed by atoms with Crippen LogP contribution < -0.4 is 14.3 Å². The number of para-hydroxylation sites is 1. The van der Waals surface area contributed by atoms with Crippen molar-refractivity contribution in [1.82, 2.24) is 4.57 Å². The molecule has 1 heterocycles. The molecular formula is C21H22N2O3S. The summed E-state index contributed by atoms with van der Waals surface area (Å²) >= 11 is 1.45. The Bertz CT molecular complexity index is 1030. The number of nitrogens with zero attached hydrogens (tertiary/aromatic N) is 2. The van der Waals surface area contributed by atoms with Crippen LogP contribution in [0.2, 0.25) is 0 Å². The van der Waals surface area contributed by atoms with E-state index in [0.717, 1.165) is 21.7 Å². The number of thiazole rings is 1. The van der Waals surface area contributed by atoms with Gasteiger partial charge in [0.25, 0.3) is 5.91 Å². The van der Waals surface area contributed by atoms with E-state index in [0.29, 0.717) is 16.9 Å². The van der Waals surface area contributed by atoms with E-state index in [1.807, 2.05) is 36.6 Å². The minimum absolute atomic E-state index is 0.0858. The van der Waals surface area contributed by atoms with Gasteiger partial charge in [0.1, 0.15) is 17.0 Å². The SMILES string of the molecule is C=CCn1c(=NC(=O)c2ccc(OC(C)C)cc2)sc2cccc(OC)c21. The van der Waals surface area contributed by atoms with Crippen LogP contribution in [0.15, 0.2) is 60.1 Å². The van der Waals surface area contributed by atoms with Crippen molar-refractivity contribution >= 4 is 27.5 Å². The predicted octanol–water partition coefficient (Wildman–Crippen LogP) is 4.43. The molecule has 6 heteroatoms. The van der Waals surface area contributed by atoms with Gasteiger partial charge in [-0.05, 0) is 50.2 Å². The van der Waals surface area contributed by atoms with Gasteiger partial charge >= 0.3 is 0 Å². The van der Waals surface area contributed by atoms with E-state index in [9.17, 15) is 4.79 Å². The van der Waals surface area contributed by atoms with Gasteiger partial charge in [-0.2, -0.15) is 4.99 Å². The minimum Gasteiger partial charge on any atom is -0.495 e. The summed E-state index contributed by atoms with van der Waals surface area (Å²) < 4.78 is 14.0. The third-order valence-corrected chi connectivity index (χ3v) is 4.91. The highest BCUT2D eigenvalue weighted by Crippen LogP contribution is 2.27. The van der Waals surface area contributed by atoms with Crippen LogP contribution >= 0.6 is 11.3 Å². The Balaban J connectivity index is 2.03. The highest BCUT2D eigenvalue weighted by atomic mass is 32.1. The average molecular weight is 382 g/mol. The number of carbonyl (C=O) groups is 1. The van der Waals surface area contributed by atoms with Crippen LogP contribution in [0.4, 0.5) is 0 Å². The molecule has 0 bridgehead atoms. The molecule has 140 valence electrons. The predicted molar refractivity (Wildman–Crippen MR) is 109 cm³/mol. The molecule has 1 amide bonds. The molecule has 3 rings (SSSR count). The molecule has 0 aliphatic rings. The molecule has 0 saturated heterocycles. The Kier molecular flexibility index (Phi) is 5.76. The maximum absolute atomic E-state index is 12.7. The third-order valence-electron chi connectivity index (χ3n) is 3.87. The summed E-state index contributed by atoms with van der Waals surface area (Å²) in [5.74, 6) is 1.18. The highest BCUT2D eigenvalue weighted by Gasteiger charge is 2.12. The largest absolute Gasteiger partial charge is 0.495 e. The normalized spacial score (nSPS) is 11.8. The van der Waals surface area contributed by atoms with E-state index < -0.39 is 0 Å². The number of allylic oxidation sites excluding steroid dienone is 1. The van der Waals surface area contributed by atoms with Crippen molar-refractivity contribution in [1.29, 1.82) is 0 Å². The van der Waals surface area contributed by atoms with E-state index in [-0.39, 0.29) is 12.0 Å². The fraction of sp³-hybridized carbons (Fsp3) is 0.238. The second kappa shape index (κ2) is 8.22. The molecule has 0 radical (unpaired) electrons. The molecule has 0 unspecified atom stereocenters. The van der Waals surface area contributed by atoms with Crippen LogP contribution in [0, 0.1) is 0 Å². The fourth-order valence-electron chi connectivity index (χ4n) is 2.75. The maximum atomic E-state index is 12.7. The molecule has 0 N–H and O–H groups in total. The number of hydrogen-bond donors (Lipinski definition) is 0. The van der Waals surface area contributed by atoms with Crippen molar-refractivity contribution in [3.8, 4) is 11.5 Å². The molecule has 5 nitrogen and oxygen atoms in total. The standard InChI is InChI=1S/C21H22N2O3S/c1-5-13-23-19-17(25-4)7-6-8-18(19)27-21(23)22-20(24)15-9-11-16(12-10-15)26-14(2)3/h5-12,14H,1,13H2,2-4H3. The molecule has 1 aromatic heterocycles. The molecule has 0 saturated carbocycles. The first-order valence-electron chi connectivity index (χ1n) is 8.66. The number of amides is 1. The maximum Gasteiger partial charge on any atom is 0.279 e. The number of fused-ring (bicyclic) bond motifs is 1. The van der Waals surface area contributed by atoms with Gasteiger partial charge in [0, 0.05) is 12.1 Å². The van der Waals surface area contributed by atoms with Crippen molar-refractivity contribution in [2.45, 2.75) is 26.5 Å². The van der Waals surface area contributed by atoms with Gasteiger partial charge < -0.3 is 14.0 Å². The van der Waals surface area contributed by atoms with Gasteiger partial charge in [-0.25, -0.2) is 0 Å². The molecule has 0 fully saturated rings. The Labute approximate surface area is 162 Å². The second-order valence-corrected chi connectivity index (χ2v) is 7.21. The zero-order valence-electron chi connectivity index (χ0n) is 15.6. The Morgan fingerprint density at radius 3 is 2.63 bits per heavy atom. The summed E-state index contributed by atoms with van der Waals surface area (Å²) in [6.07, 6.45) is 1.86. The van der Waals surface area contributed by atoms with Gasteiger partial charge in [0.15, 0.2) is 4.80 Å². The van der Waals surface area contributed by atoms with Crippen molar-refractivity contribution in [3.05, 3.63) is 65.5 Å². The summed E-state index contributed by atoms with van der Waals surface area (Å²) in [5, 5.41) is 0. The molecular weight excluding hydrogens is 360 g/mol. The van der Waals surface area contributed by atoms with Gasteiger partial charge in [-0.15, -0.1) is 6.58 Å². The lowest BCUT2D eigenvalue weighted by Crippen LogP contribution is -2.16. The monoisotopic (exact) mass is 382 g/mol. The Hall–Kier alpha value is -2.86. The lowest BCUT2D eigenvalue weighted by Gasteiger charge is -2.09. The van der Waals surface area contributed by atoms with Crippen LogP contribution in [0.25, 0.3) is 10.2 Å². The number of benzene rings is 2. The van der Waals surface area contributed by atoms with Crippen molar-refractivity contribution in [2.75, 3.05) is 7.11 Å². The minimum atomic E-state index is -0.297.